The van der Waals surface area contributed by atoms with E-state index in [1.54, 1.807) is 18.3 Å². The minimum Gasteiger partial charge on any atom is -0.482 e. The van der Waals surface area contributed by atoms with Crippen molar-refractivity contribution in [1.82, 2.24) is 25.8 Å². The number of piperidine rings is 1. The maximum Gasteiger partial charge on any atom is 0.258 e. The summed E-state index contributed by atoms with van der Waals surface area (Å²) in [5.41, 5.74) is 0.537. The SMILES string of the molecule is CC(C)O[C@H](CN1CC2CCCC[C@H]2C[C@H]1C(=O)NC(C)(C)C)[C@H](Cc1ccccc1)NC(=O)[C@H](NC(=O)COc1cccnc1)C(C)(C)S(C)(=O)=O. The number of amides is 3. The summed E-state index contributed by atoms with van der Waals surface area (Å²) in [6.45, 7) is 13.3. The topological polar surface area (TPSA) is 156 Å². The number of nitrogens with zero attached hydrogens (tertiary/aromatic N) is 2. The average molecular weight is 756 g/mol. The maximum absolute atomic E-state index is 14.5. The monoisotopic (exact) mass is 755 g/mol. The summed E-state index contributed by atoms with van der Waals surface area (Å²) in [6, 6.07) is 10.5. The van der Waals surface area contributed by atoms with Crippen LogP contribution in [-0.4, -0.2) is 103 Å². The predicted octanol–water partition coefficient (Wildman–Crippen LogP) is 4.08. The molecular formula is C40H61N5O7S. The van der Waals surface area contributed by atoms with Gasteiger partial charge in [0.15, 0.2) is 16.4 Å². The molecule has 294 valence electrons. The van der Waals surface area contributed by atoms with Crippen LogP contribution in [0.5, 0.6) is 5.75 Å². The Hall–Kier alpha value is -3.55. The molecule has 0 spiro atoms. The van der Waals surface area contributed by atoms with E-state index in [9.17, 15) is 22.8 Å². The smallest absolute Gasteiger partial charge is 0.258 e. The first-order valence-corrected chi connectivity index (χ1v) is 20.8. The van der Waals surface area contributed by atoms with E-state index in [1.165, 1.54) is 32.9 Å². The van der Waals surface area contributed by atoms with Gasteiger partial charge in [0, 0.05) is 31.1 Å². The minimum atomic E-state index is -3.87. The fourth-order valence-electron chi connectivity index (χ4n) is 7.44. The van der Waals surface area contributed by atoms with Crippen LogP contribution < -0.4 is 20.7 Å². The molecule has 1 aromatic carbocycles. The van der Waals surface area contributed by atoms with Crippen LogP contribution in [0, 0.1) is 11.8 Å². The van der Waals surface area contributed by atoms with E-state index in [4.69, 9.17) is 9.47 Å². The molecule has 1 saturated carbocycles. The molecule has 6 atom stereocenters. The van der Waals surface area contributed by atoms with Crippen molar-refractivity contribution >= 4 is 27.6 Å². The van der Waals surface area contributed by atoms with E-state index in [2.05, 4.69) is 25.8 Å². The van der Waals surface area contributed by atoms with E-state index in [0.29, 0.717) is 30.6 Å². The molecule has 12 nitrogen and oxygen atoms in total. The third-order valence-electron chi connectivity index (χ3n) is 10.5. The number of aromatic nitrogens is 1. The molecule has 2 aliphatic rings. The largest absolute Gasteiger partial charge is 0.482 e. The van der Waals surface area contributed by atoms with Gasteiger partial charge in [-0.2, -0.15) is 0 Å². The Bertz CT molecular complexity index is 1610. The van der Waals surface area contributed by atoms with Crippen LogP contribution >= 0.6 is 0 Å². The van der Waals surface area contributed by atoms with Gasteiger partial charge in [-0.25, -0.2) is 8.42 Å². The fourth-order valence-corrected chi connectivity index (χ4v) is 8.03. The Morgan fingerprint density at radius 2 is 1.64 bits per heavy atom. The molecule has 53 heavy (non-hydrogen) atoms. The predicted molar refractivity (Wildman–Crippen MR) is 206 cm³/mol. The summed E-state index contributed by atoms with van der Waals surface area (Å²) in [5.74, 6) is -0.0445. The van der Waals surface area contributed by atoms with E-state index in [0.717, 1.165) is 37.6 Å². The van der Waals surface area contributed by atoms with Gasteiger partial charge in [-0.05, 0) is 97.3 Å². The van der Waals surface area contributed by atoms with Gasteiger partial charge in [0.25, 0.3) is 5.91 Å². The number of sulfone groups is 1. The number of rotatable bonds is 16. The zero-order valence-electron chi connectivity index (χ0n) is 32.8. The van der Waals surface area contributed by atoms with Gasteiger partial charge in [0.05, 0.1) is 35.2 Å². The first-order valence-electron chi connectivity index (χ1n) is 18.9. The lowest BCUT2D eigenvalue weighted by atomic mass is 9.72. The molecule has 3 amide bonds. The standard InChI is InChI=1S/C40H61N5O7S/c1-27(2)52-34(25-45-24-30-18-13-12-17-29(30)22-33(45)37(47)44-39(3,4)5)32(21-28-15-10-9-11-16-28)42-38(48)36(40(6,7)53(8,49)50)43-35(46)26-51-31-19-14-20-41-23-31/h9-11,14-16,19-20,23,27,29-30,32-34,36H,12-13,17-18,21-22,24-26H2,1-8H3,(H,42,48)(H,43,46)(H,44,47)/t29-,30?,32-,33-,34+,36-/m0/s1. The van der Waals surface area contributed by atoms with Crippen molar-refractivity contribution in [3.8, 4) is 5.75 Å². The maximum atomic E-state index is 14.5. The quantitative estimate of drug-likeness (QED) is 0.230. The number of hydrogen-bond donors (Lipinski definition) is 3. The van der Waals surface area contributed by atoms with E-state index >= 15 is 0 Å². The van der Waals surface area contributed by atoms with Crippen LogP contribution in [0.4, 0.5) is 0 Å². The number of hydrogen-bond acceptors (Lipinski definition) is 9. The number of fused-ring (bicyclic) bond motifs is 1. The van der Waals surface area contributed by atoms with Gasteiger partial charge in [0.2, 0.25) is 11.8 Å². The Morgan fingerprint density at radius 1 is 0.962 bits per heavy atom. The molecule has 3 N–H and O–H groups in total. The molecule has 1 aliphatic carbocycles. The van der Waals surface area contributed by atoms with Gasteiger partial charge in [-0.1, -0.05) is 49.6 Å². The summed E-state index contributed by atoms with van der Waals surface area (Å²) < 4.78 is 36.8. The van der Waals surface area contributed by atoms with Crippen LogP contribution in [0.1, 0.15) is 86.1 Å². The minimum absolute atomic E-state index is 0.0142. The molecular weight excluding hydrogens is 695 g/mol. The Balaban J connectivity index is 1.67. The molecule has 1 aromatic heterocycles. The van der Waals surface area contributed by atoms with Crippen LogP contribution in [0.25, 0.3) is 0 Å². The first-order chi connectivity index (χ1) is 24.8. The lowest BCUT2D eigenvalue weighted by molar-refractivity contribution is -0.135. The Kier molecular flexibility index (Phi) is 14.5. The molecule has 0 bridgehead atoms. The summed E-state index contributed by atoms with van der Waals surface area (Å²) >= 11 is 0. The molecule has 13 heteroatoms. The number of benzene rings is 1. The number of carbonyl (C=O) groups is 3. The second-order valence-electron chi connectivity index (χ2n) is 16.6. The fraction of sp³-hybridized carbons (Fsp3) is 0.650. The summed E-state index contributed by atoms with van der Waals surface area (Å²) in [4.78, 5) is 47.8. The summed E-state index contributed by atoms with van der Waals surface area (Å²) in [5, 5.41) is 9.01. The van der Waals surface area contributed by atoms with Crippen molar-refractivity contribution in [1.29, 1.82) is 0 Å². The van der Waals surface area contributed by atoms with Crippen molar-refractivity contribution < 1.29 is 32.3 Å². The lowest BCUT2D eigenvalue weighted by Crippen LogP contribution is -2.64. The van der Waals surface area contributed by atoms with Crippen molar-refractivity contribution in [2.75, 3.05) is 26.0 Å². The van der Waals surface area contributed by atoms with Crippen molar-refractivity contribution in [2.45, 2.75) is 128 Å². The van der Waals surface area contributed by atoms with Crippen molar-refractivity contribution in [3.63, 3.8) is 0 Å². The highest BCUT2D eigenvalue weighted by atomic mass is 32.2. The van der Waals surface area contributed by atoms with Crippen LogP contribution in [-0.2, 0) is 35.4 Å². The normalized spacial score (nSPS) is 21.5. The lowest BCUT2D eigenvalue weighted by Gasteiger charge is -2.47. The molecule has 2 aromatic rings. The average Bonchev–Trinajstić information content (AvgIpc) is 3.08. The number of pyridine rings is 1. The number of carbonyl (C=O) groups excluding carboxylic acids is 3. The highest BCUT2D eigenvalue weighted by Crippen LogP contribution is 2.39. The van der Waals surface area contributed by atoms with E-state index in [-0.39, 0.29) is 18.1 Å². The molecule has 1 aliphatic heterocycles. The summed E-state index contributed by atoms with van der Waals surface area (Å²) in [7, 11) is -3.87. The highest BCUT2D eigenvalue weighted by molar-refractivity contribution is 7.92. The highest BCUT2D eigenvalue weighted by Gasteiger charge is 2.46. The molecule has 0 radical (unpaired) electrons. The summed E-state index contributed by atoms with van der Waals surface area (Å²) in [6.07, 6.45) is 8.97. The van der Waals surface area contributed by atoms with Crippen LogP contribution in [0.15, 0.2) is 54.9 Å². The number of nitrogens with one attached hydrogen (secondary N) is 3. The van der Waals surface area contributed by atoms with Crippen molar-refractivity contribution in [3.05, 3.63) is 60.4 Å². The van der Waals surface area contributed by atoms with Gasteiger partial charge >= 0.3 is 0 Å². The molecule has 2 fully saturated rings. The third-order valence-corrected chi connectivity index (χ3v) is 12.6. The van der Waals surface area contributed by atoms with Crippen LogP contribution in [0.3, 0.4) is 0 Å². The second kappa shape index (κ2) is 18.2. The molecule has 2 heterocycles. The number of likely N-dealkylation sites (tertiary alicyclic amines) is 1. The Labute approximate surface area is 316 Å². The van der Waals surface area contributed by atoms with Crippen molar-refractivity contribution in [2.24, 2.45) is 11.8 Å². The first kappa shape index (κ1) is 42.2. The van der Waals surface area contributed by atoms with E-state index < -0.39 is 56.7 Å². The molecule has 1 unspecified atom stereocenters. The molecule has 1 saturated heterocycles. The second-order valence-corrected chi connectivity index (χ2v) is 19.2. The zero-order valence-corrected chi connectivity index (χ0v) is 33.6. The van der Waals surface area contributed by atoms with Gasteiger partial charge < -0.3 is 25.4 Å². The number of ether oxygens (including phenoxy) is 2. The molecule has 4 rings (SSSR count). The van der Waals surface area contributed by atoms with Gasteiger partial charge in [-0.15, -0.1) is 0 Å². The van der Waals surface area contributed by atoms with Gasteiger partial charge in [0.1, 0.15) is 11.8 Å². The van der Waals surface area contributed by atoms with Crippen LogP contribution in [0.2, 0.25) is 0 Å². The van der Waals surface area contributed by atoms with E-state index in [1.807, 2.05) is 65.0 Å². The Morgan fingerprint density at radius 3 is 2.25 bits per heavy atom. The van der Waals surface area contributed by atoms with Gasteiger partial charge in [-0.3, -0.25) is 24.3 Å². The zero-order chi connectivity index (χ0) is 39.0. The third kappa shape index (κ3) is 12.2.